The molecule has 0 aromatic carbocycles. The largest absolute Gasteiger partial charge is 0.392 e. The molecule has 1 amide bonds. The molecule has 1 aromatic heterocycles. The molecule has 1 heterocycles. The quantitative estimate of drug-likeness (QED) is 0.894. The fourth-order valence-electron chi connectivity index (χ4n) is 2.66. The average Bonchev–Trinajstić information content (AvgIpc) is 3.12. The van der Waals surface area contributed by atoms with Crippen molar-refractivity contribution >= 4 is 17.5 Å². The number of rotatable bonds is 3. The first kappa shape index (κ1) is 13.0. The van der Waals surface area contributed by atoms with Crippen molar-refractivity contribution in [3.63, 3.8) is 0 Å². The number of hydrogen-bond acceptors (Lipinski definition) is 2. The van der Waals surface area contributed by atoms with Crippen molar-refractivity contribution in [1.29, 1.82) is 0 Å². The van der Waals surface area contributed by atoms with Crippen LogP contribution in [-0.4, -0.2) is 27.7 Å². The van der Waals surface area contributed by atoms with Gasteiger partial charge in [0.2, 0.25) is 0 Å². The zero-order chi connectivity index (χ0) is 13.8. The van der Waals surface area contributed by atoms with Gasteiger partial charge in [0.1, 0.15) is 5.69 Å². The molecule has 2 N–H and O–H groups in total. The van der Waals surface area contributed by atoms with Crippen molar-refractivity contribution in [3.8, 4) is 0 Å². The maximum atomic E-state index is 12.3. The molecule has 4 nitrogen and oxygen atoms in total. The van der Waals surface area contributed by atoms with Crippen LogP contribution in [0.2, 0.25) is 5.02 Å². The number of carbonyl (C=O) groups is 1. The minimum atomic E-state index is -0.336. The highest BCUT2D eigenvalue weighted by Gasteiger charge is 2.48. The molecule has 19 heavy (non-hydrogen) atoms. The number of nitrogens with zero attached hydrogens (tertiary/aromatic N) is 1. The summed E-state index contributed by atoms with van der Waals surface area (Å²) in [6.45, 7) is 3.94. The second-order valence-electron chi connectivity index (χ2n) is 6.28. The topological polar surface area (TPSA) is 54.3 Å². The van der Waals surface area contributed by atoms with Gasteiger partial charge in [-0.15, -0.1) is 0 Å². The Kier molecular flexibility index (Phi) is 2.91. The van der Waals surface area contributed by atoms with Crippen molar-refractivity contribution in [1.82, 2.24) is 9.88 Å². The molecular formula is C14H19ClN2O2. The van der Waals surface area contributed by atoms with E-state index in [-0.39, 0.29) is 23.5 Å². The van der Waals surface area contributed by atoms with Gasteiger partial charge >= 0.3 is 0 Å². The molecule has 2 unspecified atom stereocenters. The van der Waals surface area contributed by atoms with Crippen molar-refractivity contribution < 1.29 is 9.90 Å². The molecule has 1 aromatic rings. The van der Waals surface area contributed by atoms with E-state index in [0.717, 1.165) is 12.8 Å². The van der Waals surface area contributed by atoms with Crippen LogP contribution in [0.4, 0.5) is 0 Å². The zero-order valence-electron chi connectivity index (χ0n) is 11.2. The maximum absolute atomic E-state index is 12.3. The average molecular weight is 283 g/mol. The molecule has 0 bridgehead atoms. The number of hydrogen-bond donors (Lipinski definition) is 2. The van der Waals surface area contributed by atoms with Gasteiger partial charge in [0, 0.05) is 23.7 Å². The van der Waals surface area contributed by atoms with Gasteiger partial charge in [-0.1, -0.05) is 25.4 Å². The van der Waals surface area contributed by atoms with Gasteiger partial charge in [-0.3, -0.25) is 4.79 Å². The molecule has 104 valence electrons. The molecule has 2 saturated carbocycles. The van der Waals surface area contributed by atoms with E-state index in [4.69, 9.17) is 11.6 Å². The summed E-state index contributed by atoms with van der Waals surface area (Å²) in [4.78, 5) is 12.3. The lowest BCUT2D eigenvalue weighted by Gasteiger charge is -2.49. The Bertz CT molecular complexity index is 520. The van der Waals surface area contributed by atoms with Crippen LogP contribution in [0.1, 0.15) is 49.6 Å². The van der Waals surface area contributed by atoms with E-state index in [1.807, 2.05) is 24.6 Å². The van der Waals surface area contributed by atoms with Crippen LogP contribution in [0.5, 0.6) is 0 Å². The Labute approximate surface area is 117 Å². The highest BCUT2D eigenvalue weighted by Crippen LogP contribution is 2.41. The maximum Gasteiger partial charge on any atom is 0.268 e. The summed E-state index contributed by atoms with van der Waals surface area (Å²) in [7, 11) is 0. The predicted molar refractivity (Wildman–Crippen MR) is 73.4 cm³/mol. The van der Waals surface area contributed by atoms with Gasteiger partial charge in [0.25, 0.3) is 5.91 Å². The molecule has 3 rings (SSSR count). The van der Waals surface area contributed by atoms with Crippen LogP contribution in [-0.2, 0) is 0 Å². The van der Waals surface area contributed by atoms with Gasteiger partial charge in [0.15, 0.2) is 0 Å². The smallest absolute Gasteiger partial charge is 0.268 e. The molecule has 2 aliphatic rings. The van der Waals surface area contributed by atoms with Crippen molar-refractivity contribution in [3.05, 3.63) is 23.0 Å². The van der Waals surface area contributed by atoms with Gasteiger partial charge in [-0.2, -0.15) is 0 Å². The van der Waals surface area contributed by atoms with E-state index in [0.29, 0.717) is 23.2 Å². The van der Waals surface area contributed by atoms with Crippen molar-refractivity contribution in [2.45, 2.75) is 51.3 Å². The van der Waals surface area contributed by atoms with Gasteiger partial charge in [-0.25, -0.2) is 0 Å². The van der Waals surface area contributed by atoms with E-state index >= 15 is 0 Å². The summed E-state index contributed by atoms with van der Waals surface area (Å²) in [6, 6.07) is 2.17. The molecule has 2 fully saturated rings. The van der Waals surface area contributed by atoms with E-state index in [9.17, 15) is 9.90 Å². The Morgan fingerprint density at radius 1 is 1.53 bits per heavy atom. The van der Waals surface area contributed by atoms with E-state index in [1.54, 1.807) is 6.07 Å². The summed E-state index contributed by atoms with van der Waals surface area (Å²) in [5.41, 5.74) is 0.376. The monoisotopic (exact) mass is 282 g/mol. The summed E-state index contributed by atoms with van der Waals surface area (Å²) in [5, 5.41) is 13.3. The number of aromatic nitrogens is 1. The number of carbonyl (C=O) groups excluding carboxylic acids is 1. The minimum absolute atomic E-state index is 0.0244. The molecule has 2 atom stereocenters. The fraction of sp³-hybridized carbons (Fsp3) is 0.643. The third-order valence-corrected chi connectivity index (χ3v) is 4.72. The van der Waals surface area contributed by atoms with E-state index in [2.05, 4.69) is 5.32 Å². The van der Waals surface area contributed by atoms with Crippen LogP contribution in [0.3, 0.4) is 0 Å². The molecule has 0 spiro atoms. The third-order valence-electron chi connectivity index (χ3n) is 4.51. The summed E-state index contributed by atoms with van der Waals surface area (Å²) >= 11 is 6.00. The molecule has 0 saturated heterocycles. The lowest BCUT2D eigenvalue weighted by molar-refractivity contribution is -0.0690. The van der Waals surface area contributed by atoms with E-state index < -0.39 is 0 Å². The lowest BCUT2D eigenvalue weighted by Crippen LogP contribution is -2.61. The highest BCUT2D eigenvalue weighted by atomic mass is 35.5. The fourth-order valence-corrected chi connectivity index (χ4v) is 2.87. The molecule has 0 aliphatic heterocycles. The van der Waals surface area contributed by atoms with Crippen molar-refractivity contribution in [2.75, 3.05) is 0 Å². The molecule has 5 heteroatoms. The Hall–Kier alpha value is -1.00. The highest BCUT2D eigenvalue weighted by molar-refractivity contribution is 6.31. The zero-order valence-corrected chi connectivity index (χ0v) is 11.9. The normalized spacial score (nSPS) is 28.8. The molecule has 2 aliphatic carbocycles. The first-order chi connectivity index (χ1) is 8.89. The number of aliphatic hydroxyl groups excluding tert-OH is 1. The molecule has 0 radical (unpaired) electrons. The Morgan fingerprint density at radius 2 is 2.21 bits per heavy atom. The van der Waals surface area contributed by atoms with Crippen LogP contribution in [0.15, 0.2) is 12.3 Å². The van der Waals surface area contributed by atoms with Crippen LogP contribution in [0, 0.1) is 5.41 Å². The SMILES string of the molecule is CC1(C)C(O)CC1NC(=O)c1cc(Cl)cn1C1CC1. The Morgan fingerprint density at radius 3 is 2.74 bits per heavy atom. The van der Waals surface area contributed by atoms with Gasteiger partial charge < -0.3 is 15.0 Å². The summed E-state index contributed by atoms with van der Waals surface area (Å²) in [6.07, 6.45) is 4.33. The number of aliphatic hydroxyl groups is 1. The predicted octanol–water partition coefficient (Wildman–Crippen LogP) is 2.37. The summed E-state index contributed by atoms with van der Waals surface area (Å²) in [5.74, 6) is -0.0937. The first-order valence-electron chi connectivity index (χ1n) is 6.76. The third kappa shape index (κ3) is 2.17. The van der Waals surface area contributed by atoms with E-state index in [1.165, 1.54) is 0 Å². The van der Waals surface area contributed by atoms with Crippen LogP contribution >= 0.6 is 11.6 Å². The molecular weight excluding hydrogens is 264 g/mol. The second-order valence-corrected chi connectivity index (χ2v) is 6.72. The number of nitrogens with one attached hydrogen (secondary N) is 1. The standard InChI is InChI=1S/C14H19ClN2O2/c1-14(2)11(6-12(14)18)16-13(19)10-5-8(15)7-17(10)9-3-4-9/h5,7,9,11-12,18H,3-4,6H2,1-2H3,(H,16,19). The second kappa shape index (κ2) is 4.25. The lowest BCUT2D eigenvalue weighted by atomic mass is 9.64. The number of halogens is 1. The minimum Gasteiger partial charge on any atom is -0.392 e. The van der Waals surface area contributed by atoms with Crippen LogP contribution < -0.4 is 5.32 Å². The van der Waals surface area contributed by atoms with Crippen LogP contribution in [0.25, 0.3) is 0 Å². The Balaban J connectivity index is 1.74. The number of amides is 1. The first-order valence-corrected chi connectivity index (χ1v) is 7.13. The van der Waals surface area contributed by atoms with Gasteiger partial charge in [-0.05, 0) is 25.3 Å². The van der Waals surface area contributed by atoms with Crippen molar-refractivity contribution in [2.24, 2.45) is 5.41 Å². The van der Waals surface area contributed by atoms with Gasteiger partial charge in [0.05, 0.1) is 11.1 Å². The summed E-state index contributed by atoms with van der Waals surface area (Å²) < 4.78 is 1.97.